The predicted octanol–water partition coefficient (Wildman–Crippen LogP) is 19.5. The van der Waals surface area contributed by atoms with E-state index >= 15 is 0 Å². The SMILES string of the molecule is CCCCCCCCCCCC(=O)OC[C@H](COP(=O)(O)OC[C@H](O)COP(=O)(O)OC[C@@H](COC(=O)CCCCCCCCCCCC(C)C)OC(=O)CCCCCCCCCCCCCCCCC(C)C)OC(=O)CCCCCCCCCC(C)C. The van der Waals surface area contributed by atoms with Crippen LogP contribution in [0.2, 0.25) is 0 Å². The number of rotatable bonds is 67. The van der Waals surface area contributed by atoms with Gasteiger partial charge in [-0.15, -0.1) is 0 Å². The average molecular weight is 1300 g/mol. The lowest BCUT2D eigenvalue weighted by Gasteiger charge is -2.21. The lowest BCUT2D eigenvalue weighted by atomic mass is 10.0. The first kappa shape index (κ1) is 86.1. The first-order chi connectivity index (χ1) is 42.2. The Balaban J connectivity index is 5.22. The van der Waals surface area contributed by atoms with Crippen LogP contribution in [-0.4, -0.2) is 96.7 Å². The molecule has 0 spiro atoms. The molecule has 0 aliphatic heterocycles. The van der Waals surface area contributed by atoms with Crippen molar-refractivity contribution in [2.75, 3.05) is 39.6 Å². The molecule has 0 aliphatic rings. The molecule has 0 saturated carbocycles. The zero-order valence-electron chi connectivity index (χ0n) is 57.2. The van der Waals surface area contributed by atoms with Crippen molar-refractivity contribution >= 4 is 39.5 Å². The van der Waals surface area contributed by atoms with Gasteiger partial charge in [0.2, 0.25) is 0 Å². The fourth-order valence-corrected chi connectivity index (χ4v) is 11.9. The van der Waals surface area contributed by atoms with Crippen LogP contribution in [0.5, 0.6) is 0 Å². The van der Waals surface area contributed by atoms with Gasteiger partial charge >= 0.3 is 39.5 Å². The number of phosphoric ester groups is 2. The van der Waals surface area contributed by atoms with Crippen molar-refractivity contribution in [3.05, 3.63) is 0 Å². The first-order valence-electron chi connectivity index (χ1n) is 35.8. The molecule has 0 heterocycles. The van der Waals surface area contributed by atoms with Crippen molar-refractivity contribution in [2.24, 2.45) is 17.8 Å². The summed E-state index contributed by atoms with van der Waals surface area (Å²) in [6.07, 6.45) is 43.2. The number of phosphoric acid groups is 2. The van der Waals surface area contributed by atoms with Crippen LogP contribution in [0.15, 0.2) is 0 Å². The number of hydrogen-bond donors (Lipinski definition) is 3. The van der Waals surface area contributed by atoms with E-state index in [4.69, 9.17) is 37.0 Å². The Bertz CT molecular complexity index is 1730. The Hall–Kier alpha value is -1.94. The van der Waals surface area contributed by atoms with Crippen LogP contribution in [0.4, 0.5) is 0 Å². The minimum atomic E-state index is -4.95. The van der Waals surface area contributed by atoms with E-state index in [0.29, 0.717) is 31.6 Å². The molecule has 522 valence electrons. The van der Waals surface area contributed by atoms with Gasteiger partial charge in [-0.05, 0) is 43.4 Å². The fraction of sp³-hybridized carbons (Fsp3) is 0.942. The standard InChI is InChI=1S/C69H134O17P2/c1-8-9-10-11-12-20-29-36-43-50-66(71)79-57-65(86-69(74)53-46-39-32-25-28-35-42-49-62(6)7)59-84-88(77,78)82-55-63(70)54-81-87(75,76)83-58-64(56-80-67(72)51-44-37-30-24-19-22-27-34-41-48-61(4)5)85-68(73)52-45-38-31-23-18-16-14-13-15-17-21-26-33-40-47-60(2)3/h60-65,70H,8-59H2,1-7H3,(H,75,76)(H,77,78)/t63-,64-,65-/m1/s1. The van der Waals surface area contributed by atoms with Gasteiger partial charge in [-0.1, -0.05) is 292 Å². The molecule has 0 aromatic rings. The third kappa shape index (κ3) is 62.8. The molecule has 19 heteroatoms. The summed E-state index contributed by atoms with van der Waals surface area (Å²) in [7, 11) is -9.90. The van der Waals surface area contributed by atoms with Crippen LogP contribution in [0.1, 0.15) is 344 Å². The van der Waals surface area contributed by atoms with Crippen LogP contribution in [0, 0.1) is 17.8 Å². The first-order valence-corrected chi connectivity index (χ1v) is 38.8. The molecule has 17 nitrogen and oxygen atoms in total. The maximum absolute atomic E-state index is 13.0. The number of unbranched alkanes of at least 4 members (excludes halogenated alkanes) is 35. The molecule has 0 saturated heterocycles. The topological polar surface area (TPSA) is 237 Å². The van der Waals surface area contributed by atoms with Gasteiger partial charge in [-0.3, -0.25) is 37.3 Å². The summed E-state index contributed by atoms with van der Waals surface area (Å²) < 4.78 is 68.2. The number of esters is 4. The summed E-state index contributed by atoms with van der Waals surface area (Å²) >= 11 is 0. The highest BCUT2D eigenvalue weighted by Gasteiger charge is 2.30. The van der Waals surface area contributed by atoms with E-state index in [0.717, 1.165) is 102 Å². The molecule has 0 rings (SSSR count). The number of carbonyl (C=O) groups is 4. The highest BCUT2D eigenvalue weighted by Crippen LogP contribution is 2.45. The van der Waals surface area contributed by atoms with E-state index in [2.05, 4.69) is 48.5 Å². The van der Waals surface area contributed by atoms with Gasteiger partial charge in [0.15, 0.2) is 12.2 Å². The number of carbonyl (C=O) groups excluding carboxylic acids is 4. The third-order valence-corrected chi connectivity index (χ3v) is 17.8. The molecule has 5 atom stereocenters. The molecule has 0 fully saturated rings. The van der Waals surface area contributed by atoms with Crippen molar-refractivity contribution in [3.8, 4) is 0 Å². The third-order valence-electron chi connectivity index (χ3n) is 15.9. The van der Waals surface area contributed by atoms with Gasteiger partial charge in [0.1, 0.15) is 19.3 Å². The van der Waals surface area contributed by atoms with Gasteiger partial charge in [0.25, 0.3) is 0 Å². The summed E-state index contributed by atoms with van der Waals surface area (Å²) in [5.74, 6) is 0.104. The zero-order valence-corrected chi connectivity index (χ0v) is 59.0. The number of ether oxygens (including phenoxy) is 4. The summed E-state index contributed by atoms with van der Waals surface area (Å²) in [6, 6.07) is 0. The maximum atomic E-state index is 13.0. The summed E-state index contributed by atoms with van der Waals surface area (Å²) in [6.45, 7) is 11.8. The second-order valence-electron chi connectivity index (χ2n) is 26.3. The van der Waals surface area contributed by atoms with Crippen molar-refractivity contribution in [1.82, 2.24) is 0 Å². The van der Waals surface area contributed by atoms with E-state index < -0.39 is 97.5 Å². The van der Waals surface area contributed by atoms with Gasteiger partial charge < -0.3 is 33.8 Å². The Morgan fingerprint density at radius 2 is 0.523 bits per heavy atom. The van der Waals surface area contributed by atoms with Gasteiger partial charge in [0.05, 0.1) is 26.4 Å². The quantitative estimate of drug-likeness (QED) is 0.0222. The van der Waals surface area contributed by atoms with Crippen LogP contribution >= 0.6 is 15.6 Å². The average Bonchev–Trinajstić information content (AvgIpc) is 3.64. The smallest absolute Gasteiger partial charge is 0.462 e. The summed E-state index contributed by atoms with van der Waals surface area (Å²) in [5.41, 5.74) is 0. The number of hydrogen-bond acceptors (Lipinski definition) is 15. The number of aliphatic hydroxyl groups excluding tert-OH is 1. The second-order valence-corrected chi connectivity index (χ2v) is 29.3. The van der Waals surface area contributed by atoms with Gasteiger partial charge in [-0.2, -0.15) is 0 Å². The fourth-order valence-electron chi connectivity index (χ4n) is 10.4. The lowest BCUT2D eigenvalue weighted by molar-refractivity contribution is -0.161. The van der Waals surface area contributed by atoms with Crippen LogP contribution < -0.4 is 0 Å². The molecule has 0 aromatic carbocycles. The summed E-state index contributed by atoms with van der Waals surface area (Å²) in [4.78, 5) is 72.4. The van der Waals surface area contributed by atoms with Crippen molar-refractivity contribution < 1.29 is 80.2 Å². The molecular formula is C69H134O17P2. The van der Waals surface area contributed by atoms with Gasteiger partial charge in [0, 0.05) is 25.7 Å². The summed E-state index contributed by atoms with van der Waals surface area (Å²) in [5, 5.41) is 10.6. The van der Waals surface area contributed by atoms with E-state index in [1.807, 2.05) is 0 Å². The zero-order chi connectivity index (χ0) is 65.2. The van der Waals surface area contributed by atoms with Crippen LogP contribution in [-0.2, 0) is 65.4 Å². The lowest BCUT2D eigenvalue weighted by Crippen LogP contribution is -2.30. The van der Waals surface area contributed by atoms with Crippen LogP contribution in [0.3, 0.4) is 0 Å². The predicted molar refractivity (Wildman–Crippen MR) is 354 cm³/mol. The van der Waals surface area contributed by atoms with E-state index in [1.165, 1.54) is 154 Å². The molecular weight excluding hydrogens is 1160 g/mol. The Labute approximate surface area is 537 Å². The highest BCUT2D eigenvalue weighted by atomic mass is 31.2. The van der Waals surface area contributed by atoms with Gasteiger partial charge in [-0.25, -0.2) is 9.13 Å². The molecule has 0 radical (unpaired) electrons. The highest BCUT2D eigenvalue weighted by molar-refractivity contribution is 7.47. The van der Waals surface area contributed by atoms with Crippen molar-refractivity contribution in [1.29, 1.82) is 0 Å². The van der Waals surface area contributed by atoms with E-state index in [-0.39, 0.29) is 25.7 Å². The second kappa shape index (κ2) is 60.0. The van der Waals surface area contributed by atoms with Crippen LogP contribution in [0.25, 0.3) is 0 Å². The Morgan fingerprint density at radius 1 is 0.307 bits per heavy atom. The van der Waals surface area contributed by atoms with E-state index in [1.54, 1.807) is 0 Å². The minimum absolute atomic E-state index is 0.103. The molecule has 0 bridgehead atoms. The molecule has 0 aromatic heterocycles. The van der Waals surface area contributed by atoms with Crippen molar-refractivity contribution in [3.63, 3.8) is 0 Å². The largest absolute Gasteiger partial charge is 0.472 e. The van der Waals surface area contributed by atoms with E-state index in [9.17, 15) is 43.2 Å². The minimum Gasteiger partial charge on any atom is -0.462 e. The number of aliphatic hydroxyl groups is 1. The Morgan fingerprint density at radius 3 is 0.773 bits per heavy atom. The molecule has 2 unspecified atom stereocenters. The molecule has 0 amide bonds. The molecule has 0 aliphatic carbocycles. The van der Waals surface area contributed by atoms with Crippen molar-refractivity contribution in [2.45, 2.75) is 362 Å². The normalized spacial score (nSPS) is 14.2. The maximum Gasteiger partial charge on any atom is 0.472 e. The monoisotopic (exact) mass is 1300 g/mol. The molecule has 88 heavy (non-hydrogen) atoms. The Kier molecular flexibility index (Phi) is 58.7. The molecule has 3 N–H and O–H groups in total.